The number of ether oxygens (including phenoxy) is 1. The molecule has 0 saturated carbocycles. The molecule has 1 aliphatic rings. The zero-order chi connectivity index (χ0) is 21.7. The zero-order valence-corrected chi connectivity index (χ0v) is 18.8. The first-order chi connectivity index (χ1) is 14.4. The molecular formula is C23H29N3O3S. The van der Waals surface area contributed by atoms with E-state index in [1.54, 1.807) is 28.4 Å². The quantitative estimate of drug-likeness (QED) is 0.643. The Kier molecular flexibility index (Phi) is 7.39. The molecule has 1 aromatic heterocycles. The highest BCUT2D eigenvalue weighted by Gasteiger charge is 2.34. The van der Waals surface area contributed by atoms with Gasteiger partial charge in [0, 0.05) is 26.0 Å². The second-order valence-electron chi connectivity index (χ2n) is 7.80. The first-order valence-corrected chi connectivity index (χ1v) is 11.1. The lowest BCUT2D eigenvalue weighted by molar-refractivity contribution is -0.143. The van der Waals surface area contributed by atoms with Gasteiger partial charge in [0.05, 0.1) is 23.2 Å². The number of hydrogen-bond acceptors (Lipinski definition) is 5. The maximum atomic E-state index is 13.3. The molecular weight excluding hydrogens is 398 g/mol. The Morgan fingerprint density at radius 2 is 2.00 bits per heavy atom. The summed E-state index contributed by atoms with van der Waals surface area (Å²) in [6, 6.07) is 12.0. The molecule has 1 aromatic carbocycles. The minimum Gasteiger partial charge on any atom is -0.383 e. The summed E-state index contributed by atoms with van der Waals surface area (Å²) >= 11 is 1.62. The molecule has 0 unspecified atom stereocenters. The van der Waals surface area contributed by atoms with E-state index in [-0.39, 0.29) is 30.3 Å². The minimum absolute atomic E-state index is 0.00997. The fraction of sp³-hybridized carbons (Fsp3) is 0.435. The SMILES string of the molecule is COCCN(CC(=O)N1N=C(c2cccs2)C[C@H]1c1ccc(C)cc1)C(=O)C(C)C. The molecule has 1 atom stereocenters. The van der Waals surface area contributed by atoms with Gasteiger partial charge < -0.3 is 9.64 Å². The second kappa shape index (κ2) is 10.00. The molecule has 0 saturated heterocycles. The van der Waals surface area contributed by atoms with E-state index in [1.807, 2.05) is 50.4 Å². The van der Waals surface area contributed by atoms with Crippen LogP contribution in [0.1, 0.15) is 42.3 Å². The Labute approximate surface area is 182 Å². The summed E-state index contributed by atoms with van der Waals surface area (Å²) in [6.45, 7) is 6.47. The first-order valence-electron chi connectivity index (χ1n) is 10.2. The number of carbonyl (C=O) groups excluding carboxylic acids is 2. The van der Waals surface area contributed by atoms with E-state index in [0.717, 1.165) is 16.2 Å². The number of aryl methyl sites for hydroxylation is 1. The fourth-order valence-corrected chi connectivity index (χ4v) is 4.17. The highest BCUT2D eigenvalue weighted by Crippen LogP contribution is 2.34. The monoisotopic (exact) mass is 427 g/mol. The van der Waals surface area contributed by atoms with Gasteiger partial charge in [0.25, 0.3) is 5.91 Å². The van der Waals surface area contributed by atoms with Crippen LogP contribution in [-0.2, 0) is 14.3 Å². The Bertz CT molecular complexity index is 891. The number of carbonyl (C=O) groups is 2. The molecule has 2 amide bonds. The van der Waals surface area contributed by atoms with Crippen molar-refractivity contribution in [2.75, 3.05) is 26.8 Å². The lowest BCUT2D eigenvalue weighted by atomic mass is 10.00. The van der Waals surface area contributed by atoms with E-state index in [0.29, 0.717) is 19.6 Å². The summed E-state index contributed by atoms with van der Waals surface area (Å²) in [5, 5.41) is 8.26. The third kappa shape index (κ3) is 5.15. The average Bonchev–Trinajstić information content (AvgIpc) is 3.40. The van der Waals surface area contributed by atoms with Gasteiger partial charge in [0.1, 0.15) is 6.54 Å². The van der Waals surface area contributed by atoms with Crippen molar-refractivity contribution < 1.29 is 14.3 Å². The van der Waals surface area contributed by atoms with Gasteiger partial charge in [0.2, 0.25) is 5.91 Å². The van der Waals surface area contributed by atoms with Gasteiger partial charge in [0.15, 0.2) is 0 Å². The highest BCUT2D eigenvalue weighted by molar-refractivity contribution is 7.12. The van der Waals surface area contributed by atoms with E-state index < -0.39 is 0 Å². The predicted octanol–water partition coefficient (Wildman–Crippen LogP) is 3.87. The molecule has 30 heavy (non-hydrogen) atoms. The lowest BCUT2D eigenvalue weighted by Gasteiger charge is -2.28. The van der Waals surface area contributed by atoms with Gasteiger partial charge in [-0.1, -0.05) is 49.7 Å². The minimum atomic E-state index is -0.189. The number of hydrogen-bond donors (Lipinski definition) is 0. The number of rotatable bonds is 8. The van der Waals surface area contributed by atoms with Crippen LogP contribution in [0.5, 0.6) is 0 Å². The molecule has 0 N–H and O–H groups in total. The van der Waals surface area contributed by atoms with Crippen LogP contribution >= 0.6 is 11.3 Å². The van der Waals surface area contributed by atoms with Crippen molar-refractivity contribution in [3.63, 3.8) is 0 Å². The smallest absolute Gasteiger partial charge is 0.262 e. The van der Waals surface area contributed by atoms with Crippen LogP contribution in [0.25, 0.3) is 0 Å². The average molecular weight is 428 g/mol. The fourth-order valence-electron chi connectivity index (χ4n) is 3.45. The Balaban J connectivity index is 1.86. The van der Waals surface area contributed by atoms with Crippen molar-refractivity contribution in [3.8, 4) is 0 Å². The molecule has 3 rings (SSSR count). The zero-order valence-electron chi connectivity index (χ0n) is 18.0. The molecule has 1 aliphatic heterocycles. The largest absolute Gasteiger partial charge is 0.383 e. The third-order valence-electron chi connectivity index (χ3n) is 5.13. The van der Waals surface area contributed by atoms with Gasteiger partial charge >= 0.3 is 0 Å². The van der Waals surface area contributed by atoms with E-state index in [1.165, 1.54) is 5.56 Å². The van der Waals surface area contributed by atoms with Gasteiger partial charge in [-0.15, -0.1) is 11.3 Å². The van der Waals surface area contributed by atoms with Gasteiger partial charge in [-0.2, -0.15) is 5.10 Å². The van der Waals surface area contributed by atoms with Crippen molar-refractivity contribution in [1.82, 2.24) is 9.91 Å². The third-order valence-corrected chi connectivity index (χ3v) is 6.05. The highest BCUT2D eigenvalue weighted by atomic mass is 32.1. The van der Waals surface area contributed by atoms with Crippen molar-refractivity contribution >= 4 is 28.9 Å². The summed E-state index contributed by atoms with van der Waals surface area (Å²) in [4.78, 5) is 28.5. The second-order valence-corrected chi connectivity index (χ2v) is 8.75. The summed E-state index contributed by atoms with van der Waals surface area (Å²) in [6.07, 6.45) is 0.658. The Morgan fingerprint density at radius 1 is 1.27 bits per heavy atom. The number of benzene rings is 1. The molecule has 0 fully saturated rings. The van der Waals surface area contributed by atoms with E-state index in [2.05, 4.69) is 17.2 Å². The Morgan fingerprint density at radius 3 is 2.60 bits per heavy atom. The molecule has 0 aliphatic carbocycles. The normalized spacial score (nSPS) is 16.1. The van der Waals surface area contributed by atoms with Crippen LogP contribution in [0.2, 0.25) is 0 Å². The van der Waals surface area contributed by atoms with Crippen LogP contribution in [-0.4, -0.2) is 54.2 Å². The number of hydrazone groups is 1. The molecule has 2 heterocycles. The molecule has 0 bridgehead atoms. The summed E-state index contributed by atoms with van der Waals surface area (Å²) in [7, 11) is 1.59. The molecule has 0 spiro atoms. The summed E-state index contributed by atoms with van der Waals surface area (Å²) in [5.74, 6) is -0.433. The van der Waals surface area contributed by atoms with Crippen LogP contribution in [0.3, 0.4) is 0 Å². The summed E-state index contributed by atoms with van der Waals surface area (Å²) in [5.41, 5.74) is 3.12. The maximum Gasteiger partial charge on any atom is 0.262 e. The number of methoxy groups -OCH3 is 1. The standard InChI is InChI=1S/C23H29N3O3S/c1-16(2)23(28)25(11-12-29-4)15-22(27)26-20(18-9-7-17(3)8-10-18)14-19(24-26)21-6-5-13-30-21/h5-10,13,16,20H,11-12,14-15H2,1-4H3/t20-/m0/s1. The number of nitrogens with zero attached hydrogens (tertiary/aromatic N) is 3. The van der Waals surface area contributed by atoms with Crippen molar-refractivity contribution in [2.24, 2.45) is 11.0 Å². The van der Waals surface area contributed by atoms with E-state index in [9.17, 15) is 9.59 Å². The summed E-state index contributed by atoms with van der Waals surface area (Å²) < 4.78 is 5.13. The number of amides is 2. The van der Waals surface area contributed by atoms with Crippen molar-refractivity contribution in [3.05, 3.63) is 57.8 Å². The predicted molar refractivity (Wildman–Crippen MR) is 120 cm³/mol. The number of thiophene rings is 1. The molecule has 6 nitrogen and oxygen atoms in total. The van der Waals surface area contributed by atoms with E-state index >= 15 is 0 Å². The first kappa shape index (κ1) is 22.2. The van der Waals surface area contributed by atoms with Crippen LogP contribution < -0.4 is 0 Å². The molecule has 7 heteroatoms. The topological polar surface area (TPSA) is 62.2 Å². The van der Waals surface area contributed by atoms with Crippen LogP contribution in [0.15, 0.2) is 46.9 Å². The van der Waals surface area contributed by atoms with Crippen molar-refractivity contribution in [2.45, 2.75) is 33.2 Å². The van der Waals surface area contributed by atoms with E-state index in [4.69, 9.17) is 4.74 Å². The molecule has 2 aromatic rings. The molecule has 0 radical (unpaired) electrons. The van der Waals surface area contributed by atoms with Gasteiger partial charge in [-0.05, 0) is 23.9 Å². The lowest BCUT2D eigenvalue weighted by Crippen LogP contribution is -2.44. The molecule has 160 valence electrons. The van der Waals surface area contributed by atoms with Crippen LogP contribution in [0, 0.1) is 12.8 Å². The van der Waals surface area contributed by atoms with Crippen molar-refractivity contribution in [1.29, 1.82) is 0 Å². The van der Waals surface area contributed by atoms with Crippen LogP contribution in [0.4, 0.5) is 0 Å². The Hall–Kier alpha value is -2.51. The van der Waals surface area contributed by atoms with Gasteiger partial charge in [-0.25, -0.2) is 5.01 Å². The van der Waals surface area contributed by atoms with Gasteiger partial charge in [-0.3, -0.25) is 9.59 Å². The maximum absolute atomic E-state index is 13.3.